The third-order valence-corrected chi connectivity index (χ3v) is 6.77. The predicted octanol–water partition coefficient (Wildman–Crippen LogP) is 4.36. The van der Waals surface area contributed by atoms with Gasteiger partial charge in [-0.25, -0.2) is 18.7 Å². The number of nitrogens with two attached hydrogens (primary N) is 1. The minimum Gasteiger partial charge on any atom is -0.505 e. The highest BCUT2D eigenvalue weighted by Gasteiger charge is 2.23. The number of phenols is 1. The first-order valence-corrected chi connectivity index (χ1v) is 10.8. The Morgan fingerprint density at radius 2 is 2.03 bits per heavy atom. The summed E-state index contributed by atoms with van der Waals surface area (Å²) in [4.78, 5) is 8.39. The molecule has 31 heavy (non-hydrogen) atoms. The molecule has 4 aromatic rings. The van der Waals surface area contributed by atoms with Crippen molar-refractivity contribution in [3.8, 4) is 17.0 Å². The van der Waals surface area contributed by atoms with Crippen LogP contribution in [0, 0.1) is 17.6 Å². The number of rotatable bonds is 4. The van der Waals surface area contributed by atoms with Gasteiger partial charge in [-0.1, -0.05) is 12.1 Å². The number of aromatic hydroxyl groups is 1. The van der Waals surface area contributed by atoms with E-state index in [0.717, 1.165) is 29.7 Å². The topological polar surface area (TPSA) is 89.8 Å². The first-order valence-electron chi connectivity index (χ1n) is 9.89. The van der Waals surface area contributed by atoms with Gasteiger partial charge in [0.15, 0.2) is 17.2 Å². The van der Waals surface area contributed by atoms with E-state index >= 15 is 0 Å². The highest BCUT2D eigenvalue weighted by Crippen LogP contribution is 2.35. The van der Waals surface area contributed by atoms with Gasteiger partial charge in [-0.2, -0.15) is 9.19 Å². The van der Waals surface area contributed by atoms with E-state index in [9.17, 15) is 13.9 Å². The van der Waals surface area contributed by atoms with Crippen LogP contribution in [0.15, 0.2) is 42.7 Å². The van der Waals surface area contributed by atoms with Crippen LogP contribution in [0.2, 0.25) is 0 Å². The molecule has 2 aromatic carbocycles. The number of anilines is 1. The minimum atomic E-state index is -0.712. The molecule has 2 heterocycles. The summed E-state index contributed by atoms with van der Waals surface area (Å²) in [6, 6.07) is 9.28. The van der Waals surface area contributed by atoms with Crippen molar-refractivity contribution in [1.29, 1.82) is 0 Å². The number of hydrogen-bond donors (Lipinski definition) is 2. The summed E-state index contributed by atoms with van der Waals surface area (Å²) in [6.07, 6.45) is 3.88. The molecule has 158 valence electrons. The third kappa shape index (κ3) is 3.59. The van der Waals surface area contributed by atoms with Gasteiger partial charge in [0.25, 0.3) is 0 Å². The lowest BCUT2D eigenvalue weighted by molar-refractivity contribution is 0.432. The number of benzene rings is 2. The van der Waals surface area contributed by atoms with Crippen LogP contribution in [0.4, 0.5) is 14.6 Å². The van der Waals surface area contributed by atoms with Crippen LogP contribution >= 0.6 is 11.9 Å². The van der Waals surface area contributed by atoms with Gasteiger partial charge >= 0.3 is 0 Å². The van der Waals surface area contributed by atoms with E-state index in [-0.39, 0.29) is 11.6 Å². The zero-order chi connectivity index (χ0) is 21.5. The largest absolute Gasteiger partial charge is 0.505 e. The van der Waals surface area contributed by atoms with Gasteiger partial charge in [0.1, 0.15) is 23.7 Å². The summed E-state index contributed by atoms with van der Waals surface area (Å²) in [7, 11) is 0. The van der Waals surface area contributed by atoms with Crippen LogP contribution in [0.5, 0.6) is 5.75 Å². The average Bonchev–Trinajstić information content (AvgIpc) is 3.15. The van der Waals surface area contributed by atoms with E-state index in [2.05, 4.69) is 15.1 Å². The number of nitrogen functional groups attached to an aromatic ring is 1. The van der Waals surface area contributed by atoms with Gasteiger partial charge in [-0.3, -0.25) is 0 Å². The fourth-order valence-electron chi connectivity index (χ4n) is 4.04. The number of aryl methyl sites for hydroxylation is 1. The summed E-state index contributed by atoms with van der Waals surface area (Å²) in [5.41, 5.74) is 9.51. The Balaban J connectivity index is 1.45. The maximum absolute atomic E-state index is 14.2. The first kappa shape index (κ1) is 19.7. The molecule has 1 aliphatic carbocycles. The van der Waals surface area contributed by atoms with Crippen LogP contribution < -0.4 is 5.73 Å². The summed E-state index contributed by atoms with van der Waals surface area (Å²) in [5.74, 6) is -0.0454. The summed E-state index contributed by atoms with van der Waals surface area (Å²) < 4.78 is 29.4. The van der Waals surface area contributed by atoms with Crippen molar-refractivity contribution in [2.45, 2.75) is 19.3 Å². The third-order valence-electron chi connectivity index (χ3n) is 5.65. The number of fused-ring (bicyclic) bond motifs is 2. The first-order chi connectivity index (χ1) is 15.0. The van der Waals surface area contributed by atoms with Gasteiger partial charge in [0.05, 0.1) is 5.39 Å². The molecule has 0 radical (unpaired) electrons. The zero-order valence-electron chi connectivity index (χ0n) is 16.4. The maximum atomic E-state index is 14.2. The number of aromatic nitrogens is 4. The smallest absolute Gasteiger partial charge is 0.175 e. The van der Waals surface area contributed by atoms with E-state index in [1.54, 1.807) is 10.2 Å². The van der Waals surface area contributed by atoms with Crippen LogP contribution in [0.1, 0.15) is 17.5 Å². The Morgan fingerprint density at radius 1 is 1.16 bits per heavy atom. The molecule has 3 N–H and O–H groups in total. The van der Waals surface area contributed by atoms with Gasteiger partial charge in [0.2, 0.25) is 0 Å². The minimum absolute atomic E-state index is 0.143. The van der Waals surface area contributed by atoms with E-state index in [0.29, 0.717) is 34.6 Å². The molecule has 1 atom stereocenters. The Labute approximate surface area is 181 Å². The van der Waals surface area contributed by atoms with E-state index < -0.39 is 11.6 Å². The van der Waals surface area contributed by atoms with Crippen molar-refractivity contribution in [3.05, 3.63) is 65.5 Å². The molecular weight excluding hydrogens is 420 g/mol. The molecule has 1 aliphatic rings. The van der Waals surface area contributed by atoms with Crippen molar-refractivity contribution in [2.75, 3.05) is 11.5 Å². The quantitative estimate of drug-likeness (QED) is 0.491. The van der Waals surface area contributed by atoms with Crippen LogP contribution in [0.25, 0.3) is 22.3 Å². The maximum Gasteiger partial charge on any atom is 0.175 e. The lowest BCUT2D eigenvalue weighted by atomic mass is 9.85. The van der Waals surface area contributed by atoms with Gasteiger partial charge in [-0.15, -0.1) is 0 Å². The monoisotopic (exact) mass is 439 g/mol. The highest BCUT2D eigenvalue weighted by molar-refractivity contribution is 7.97. The fraction of sp³-hybridized carbons (Fsp3) is 0.227. The SMILES string of the molecule is Nc1ncnc2c1c(-c1ccc(F)c(O)c1)nn2SCC1CCc2cccc(F)c2C1. The normalized spacial score (nSPS) is 15.9. The number of halogens is 2. The molecule has 0 saturated heterocycles. The van der Waals surface area contributed by atoms with Crippen LogP contribution in [0.3, 0.4) is 0 Å². The van der Waals surface area contributed by atoms with E-state index in [4.69, 9.17) is 5.73 Å². The predicted molar refractivity (Wildman–Crippen MR) is 117 cm³/mol. The number of nitrogens with zero attached hydrogens (tertiary/aromatic N) is 4. The molecule has 2 aromatic heterocycles. The van der Waals surface area contributed by atoms with Gasteiger partial charge in [0, 0.05) is 11.3 Å². The molecule has 0 amide bonds. The van der Waals surface area contributed by atoms with Crippen LogP contribution in [-0.4, -0.2) is 30.0 Å². The second kappa shape index (κ2) is 7.81. The molecular formula is C22H19F2N5OS. The van der Waals surface area contributed by atoms with Gasteiger partial charge < -0.3 is 10.8 Å². The van der Waals surface area contributed by atoms with Crippen LogP contribution in [-0.2, 0) is 12.8 Å². The number of hydrogen-bond acceptors (Lipinski definition) is 6. The Bertz CT molecular complexity index is 1290. The van der Waals surface area contributed by atoms with Crippen molar-refractivity contribution in [3.63, 3.8) is 0 Å². The van der Waals surface area contributed by atoms with Crippen molar-refractivity contribution in [1.82, 2.24) is 19.2 Å². The molecule has 0 saturated carbocycles. The Kier molecular flexibility index (Phi) is 4.97. The van der Waals surface area contributed by atoms with E-state index in [1.807, 2.05) is 6.07 Å². The standard InChI is InChI=1S/C22H19F2N5OS/c23-16-3-1-2-13-5-4-12(8-15(13)16)10-31-29-22-19(21(25)26-11-27-22)20(28-29)14-6-7-17(24)18(30)9-14/h1-3,6-7,9,11-12,30H,4-5,8,10H2,(H2,25,26,27). The van der Waals surface area contributed by atoms with Crippen molar-refractivity contribution < 1.29 is 13.9 Å². The summed E-state index contributed by atoms with van der Waals surface area (Å²) in [5, 5.41) is 14.9. The van der Waals surface area contributed by atoms with Gasteiger partial charge in [-0.05, 0) is 72.5 Å². The molecule has 6 nitrogen and oxygen atoms in total. The number of phenolic OH excluding ortho intramolecular Hbond substituents is 1. The lowest BCUT2D eigenvalue weighted by Crippen LogP contribution is -2.18. The lowest BCUT2D eigenvalue weighted by Gasteiger charge is -2.24. The molecule has 0 aliphatic heterocycles. The van der Waals surface area contributed by atoms with Crippen molar-refractivity contribution >= 4 is 28.8 Å². The highest BCUT2D eigenvalue weighted by atomic mass is 32.2. The Morgan fingerprint density at radius 3 is 2.87 bits per heavy atom. The van der Waals surface area contributed by atoms with E-state index in [1.165, 1.54) is 42.5 Å². The molecule has 9 heteroatoms. The molecule has 0 spiro atoms. The molecule has 5 rings (SSSR count). The summed E-state index contributed by atoms with van der Waals surface area (Å²) >= 11 is 1.47. The average molecular weight is 439 g/mol. The second-order valence-electron chi connectivity index (χ2n) is 7.63. The second-order valence-corrected chi connectivity index (χ2v) is 8.56. The molecule has 0 fully saturated rings. The van der Waals surface area contributed by atoms with Crippen molar-refractivity contribution in [2.24, 2.45) is 5.92 Å². The molecule has 1 unspecified atom stereocenters. The molecule has 0 bridgehead atoms. The fourth-order valence-corrected chi connectivity index (χ4v) is 5.07. The summed E-state index contributed by atoms with van der Waals surface area (Å²) in [6.45, 7) is 0. The Hall–Kier alpha value is -3.20. The zero-order valence-corrected chi connectivity index (χ0v) is 17.2.